The van der Waals surface area contributed by atoms with E-state index in [1.165, 1.54) is 6.20 Å². The molecule has 1 unspecified atom stereocenters. The van der Waals surface area contributed by atoms with Crippen molar-refractivity contribution in [3.8, 4) is 0 Å². The van der Waals surface area contributed by atoms with Gasteiger partial charge < -0.3 is 15.6 Å². The van der Waals surface area contributed by atoms with Crippen molar-refractivity contribution in [2.45, 2.75) is 13.0 Å². The Hall–Kier alpha value is -2.38. The molecule has 0 aliphatic rings. The Kier molecular flexibility index (Phi) is 2.77. The fourth-order valence-corrected chi connectivity index (χ4v) is 1.49. The van der Waals surface area contributed by atoms with Gasteiger partial charge in [0, 0.05) is 7.05 Å². The number of aromatic nitrogens is 5. The van der Waals surface area contributed by atoms with E-state index in [2.05, 4.69) is 25.7 Å². The second kappa shape index (κ2) is 4.24. The molecule has 2 aromatic heterocycles. The lowest BCUT2D eigenvalue weighted by Gasteiger charge is -2.12. The van der Waals surface area contributed by atoms with Crippen molar-refractivity contribution in [1.29, 1.82) is 0 Å². The summed E-state index contributed by atoms with van der Waals surface area (Å²) in [4.78, 5) is 11.8. The average molecular weight is 235 g/mol. The van der Waals surface area contributed by atoms with Gasteiger partial charge in [0.15, 0.2) is 5.82 Å². The maximum absolute atomic E-state index is 11.8. The molecule has 4 N–H and O–H groups in total. The summed E-state index contributed by atoms with van der Waals surface area (Å²) in [6, 6.07) is -0.266. The van der Waals surface area contributed by atoms with E-state index in [1.54, 1.807) is 10.9 Å². The van der Waals surface area contributed by atoms with E-state index in [9.17, 15) is 4.79 Å². The Bertz CT molecular complexity index is 529. The molecule has 1 amide bonds. The van der Waals surface area contributed by atoms with Gasteiger partial charge in [-0.05, 0) is 6.92 Å². The number of nitrogens with zero attached hydrogens (tertiary/aromatic N) is 4. The van der Waals surface area contributed by atoms with Crippen molar-refractivity contribution in [2.75, 3.05) is 5.73 Å². The molecule has 0 saturated carbocycles. The molecule has 8 heteroatoms. The molecule has 2 aromatic rings. The maximum Gasteiger partial charge on any atom is 0.272 e. The second-order valence-corrected chi connectivity index (χ2v) is 3.70. The molecule has 0 aliphatic carbocycles. The summed E-state index contributed by atoms with van der Waals surface area (Å²) in [6.45, 7) is 1.81. The van der Waals surface area contributed by atoms with E-state index in [0.717, 1.165) is 0 Å². The molecule has 2 rings (SSSR count). The Labute approximate surface area is 97.2 Å². The predicted octanol–water partition coefficient (Wildman–Crippen LogP) is -0.389. The van der Waals surface area contributed by atoms with Crippen LogP contribution in [0.4, 0.5) is 5.69 Å². The predicted molar refractivity (Wildman–Crippen MR) is 59.9 cm³/mol. The van der Waals surface area contributed by atoms with Crippen molar-refractivity contribution in [1.82, 2.24) is 30.3 Å². The van der Waals surface area contributed by atoms with Crippen LogP contribution in [0.2, 0.25) is 0 Å². The average Bonchev–Trinajstić information content (AvgIpc) is 2.86. The molecule has 2 heterocycles. The van der Waals surface area contributed by atoms with Gasteiger partial charge in [-0.3, -0.25) is 9.89 Å². The molecule has 90 valence electrons. The van der Waals surface area contributed by atoms with Crippen LogP contribution < -0.4 is 11.1 Å². The van der Waals surface area contributed by atoms with E-state index in [1.807, 2.05) is 14.0 Å². The van der Waals surface area contributed by atoms with Crippen molar-refractivity contribution in [3.63, 3.8) is 0 Å². The summed E-state index contributed by atoms with van der Waals surface area (Å²) >= 11 is 0. The summed E-state index contributed by atoms with van der Waals surface area (Å²) in [7, 11) is 1.81. The Morgan fingerprint density at radius 3 is 2.94 bits per heavy atom. The summed E-state index contributed by atoms with van der Waals surface area (Å²) in [5.41, 5.74) is 6.14. The summed E-state index contributed by atoms with van der Waals surface area (Å²) in [5.74, 6) is 0.340. The molecule has 0 aromatic carbocycles. The maximum atomic E-state index is 11.8. The van der Waals surface area contributed by atoms with Crippen molar-refractivity contribution in [3.05, 3.63) is 24.0 Å². The quantitative estimate of drug-likeness (QED) is 0.670. The van der Waals surface area contributed by atoms with Crippen molar-refractivity contribution < 1.29 is 4.79 Å². The molecular weight excluding hydrogens is 222 g/mol. The number of nitrogen functional groups attached to an aromatic ring is 1. The summed E-state index contributed by atoms with van der Waals surface area (Å²) < 4.78 is 1.74. The lowest BCUT2D eigenvalue weighted by molar-refractivity contribution is 0.0933. The SMILES string of the molecule is CC(NC(=O)c1[nH]ncc1N)c1nncn1C. The van der Waals surface area contributed by atoms with Gasteiger partial charge in [0.05, 0.1) is 17.9 Å². The molecule has 0 radical (unpaired) electrons. The van der Waals surface area contributed by atoms with Gasteiger partial charge in [-0.1, -0.05) is 0 Å². The Morgan fingerprint density at radius 2 is 2.41 bits per heavy atom. The number of nitrogens with two attached hydrogens (primary N) is 1. The number of anilines is 1. The van der Waals surface area contributed by atoms with Crippen molar-refractivity contribution in [2.24, 2.45) is 7.05 Å². The summed E-state index contributed by atoms with van der Waals surface area (Å²) in [5, 5.41) is 16.6. The highest BCUT2D eigenvalue weighted by molar-refractivity contribution is 5.97. The molecule has 17 heavy (non-hydrogen) atoms. The zero-order valence-electron chi connectivity index (χ0n) is 9.51. The highest BCUT2D eigenvalue weighted by Crippen LogP contribution is 2.11. The lowest BCUT2D eigenvalue weighted by Crippen LogP contribution is -2.29. The second-order valence-electron chi connectivity index (χ2n) is 3.70. The number of aryl methyl sites for hydroxylation is 1. The van der Waals surface area contributed by atoms with Crippen molar-refractivity contribution >= 4 is 11.6 Å². The van der Waals surface area contributed by atoms with Crippen LogP contribution in [-0.2, 0) is 7.05 Å². The minimum Gasteiger partial charge on any atom is -0.396 e. The third kappa shape index (κ3) is 2.10. The number of rotatable bonds is 3. The zero-order valence-corrected chi connectivity index (χ0v) is 9.51. The van der Waals surface area contributed by atoms with Gasteiger partial charge in [0.25, 0.3) is 5.91 Å². The molecule has 0 bridgehead atoms. The number of amides is 1. The number of hydrogen-bond acceptors (Lipinski definition) is 5. The smallest absolute Gasteiger partial charge is 0.272 e. The molecule has 0 fully saturated rings. The van der Waals surface area contributed by atoms with E-state index >= 15 is 0 Å². The number of carbonyl (C=O) groups excluding carboxylic acids is 1. The highest BCUT2D eigenvalue weighted by atomic mass is 16.2. The third-order valence-corrected chi connectivity index (χ3v) is 2.38. The number of H-pyrrole nitrogens is 1. The standard InChI is InChI=1S/C9H13N7O/c1-5(8-15-12-4-16(8)2)13-9(17)7-6(10)3-11-14-7/h3-5H,10H2,1-2H3,(H,11,14)(H,13,17). The Balaban J connectivity index is 2.10. The van der Waals surface area contributed by atoms with E-state index in [-0.39, 0.29) is 17.6 Å². The highest BCUT2D eigenvalue weighted by Gasteiger charge is 2.17. The van der Waals surface area contributed by atoms with Gasteiger partial charge in [0.1, 0.15) is 12.0 Å². The molecular formula is C9H13N7O. The van der Waals surface area contributed by atoms with Gasteiger partial charge in [-0.2, -0.15) is 5.10 Å². The van der Waals surface area contributed by atoms with Crippen LogP contribution in [0.3, 0.4) is 0 Å². The number of hydrogen-bond donors (Lipinski definition) is 3. The monoisotopic (exact) mass is 235 g/mol. The molecule has 8 nitrogen and oxygen atoms in total. The molecule has 0 saturated heterocycles. The molecule has 1 atom stereocenters. The number of aromatic amines is 1. The molecule has 0 aliphatic heterocycles. The minimum absolute atomic E-state index is 0.249. The third-order valence-electron chi connectivity index (χ3n) is 2.38. The van der Waals surface area contributed by atoms with Crippen LogP contribution in [0.5, 0.6) is 0 Å². The number of nitrogens with one attached hydrogen (secondary N) is 2. The largest absolute Gasteiger partial charge is 0.396 e. The first-order valence-corrected chi connectivity index (χ1v) is 5.03. The fraction of sp³-hybridized carbons (Fsp3) is 0.333. The first kappa shape index (κ1) is 11.1. The van der Waals surface area contributed by atoms with E-state index < -0.39 is 0 Å². The van der Waals surface area contributed by atoms with Gasteiger partial charge in [-0.25, -0.2) is 0 Å². The van der Waals surface area contributed by atoms with Gasteiger partial charge >= 0.3 is 0 Å². The fourth-order valence-electron chi connectivity index (χ4n) is 1.49. The minimum atomic E-state index is -0.324. The summed E-state index contributed by atoms with van der Waals surface area (Å²) in [6.07, 6.45) is 2.96. The van der Waals surface area contributed by atoms with Crippen LogP contribution >= 0.6 is 0 Å². The first-order valence-electron chi connectivity index (χ1n) is 5.03. The van der Waals surface area contributed by atoms with Crippen LogP contribution in [0.15, 0.2) is 12.5 Å². The van der Waals surface area contributed by atoms with Gasteiger partial charge in [0.2, 0.25) is 0 Å². The Morgan fingerprint density at radius 1 is 1.65 bits per heavy atom. The van der Waals surface area contributed by atoms with Crippen LogP contribution in [-0.4, -0.2) is 30.9 Å². The number of carbonyl (C=O) groups is 1. The van der Waals surface area contributed by atoms with E-state index in [0.29, 0.717) is 11.5 Å². The normalized spacial score (nSPS) is 12.4. The van der Waals surface area contributed by atoms with Crippen LogP contribution in [0, 0.1) is 0 Å². The first-order chi connectivity index (χ1) is 8.09. The molecule has 0 spiro atoms. The topological polar surface area (TPSA) is 115 Å². The van der Waals surface area contributed by atoms with Crippen LogP contribution in [0.1, 0.15) is 29.3 Å². The van der Waals surface area contributed by atoms with Gasteiger partial charge in [-0.15, -0.1) is 10.2 Å². The lowest BCUT2D eigenvalue weighted by atomic mass is 10.3. The van der Waals surface area contributed by atoms with Crippen LogP contribution in [0.25, 0.3) is 0 Å². The van der Waals surface area contributed by atoms with E-state index in [4.69, 9.17) is 5.73 Å². The zero-order chi connectivity index (χ0) is 12.4.